The maximum atomic E-state index is 12.0. The lowest BCUT2D eigenvalue weighted by Crippen LogP contribution is -2.30. The van der Waals surface area contributed by atoms with Gasteiger partial charge < -0.3 is 20.1 Å². The molecule has 1 aliphatic rings. The van der Waals surface area contributed by atoms with Crippen LogP contribution in [0.1, 0.15) is 17.8 Å². The van der Waals surface area contributed by atoms with E-state index in [1.54, 1.807) is 18.2 Å². The number of carbonyl (C=O) groups excluding carboxylic acids is 1. The van der Waals surface area contributed by atoms with Gasteiger partial charge in [-0.05, 0) is 31.2 Å². The van der Waals surface area contributed by atoms with Crippen LogP contribution in [0.2, 0.25) is 4.34 Å². The summed E-state index contributed by atoms with van der Waals surface area (Å²) in [4.78, 5) is 13.1. The Labute approximate surface area is 137 Å². The molecule has 1 atom stereocenters. The van der Waals surface area contributed by atoms with Crippen LogP contribution in [0.15, 0.2) is 30.3 Å². The molecule has 0 aliphatic carbocycles. The summed E-state index contributed by atoms with van der Waals surface area (Å²) in [6.07, 6.45) is 0. The van der Waals surface area contributed by atoms with E-state index in [9.17, 15) is 4.79 Å². The zero-order valence-electron chi connectivity index (χ0n) is 11.9. The SMILES string of the molecule is CC(NC(=O)Nc1ccc2c(c1)OCCO2)c1ccc(Cl)s1. The summed E-state index contributed by atoms with van der Waals surface area (Å²) in [5.74, 6) is 1.33. The lowest BCUT2D eigenvalue weighted by molar-refractivity contribution is 0.171. The number of hydrogen-bond acceptors (Lipinski definition) is 4. The molecule has 0 saturated carbocycles. The van der Waals surface area contributed by atoms with Gasteiger partial charge in [0.2, 0.25) is 0 Å². The minimum Gasteiger partial charge on any atom is -0.486 e. The Hall–Kier alpha value is -1.92. The van der Waals surface area contributed by atoms with Crippen LogP contribution in [0.4, 0.5) is 10.5 Å². The number of hydrogen-bond donors (Lipinski definition) is 2. The van der Waals surface area contributed by atoms with Crippen LogP contribution >= 0.6 is 22.9 Å². The molecule has 0 bridgehead atoms. The highest BCUT2D eigenvalue weighted by atomic mass is 35.5. The van der Waals surface area contributed by atoms with Crippen molar-refractivity contribution in [3.8, 4) is 11.5 Å². The Kier molecular flexibility index (Phi) is 4.40. The van der Waals surface area contributed by atoms with Gasteiger partial charge in [-0.3, -0.25) is 0 Å². The predicted molar refractivity (Wildman–Crippen MR) is 87.3 cm³/mol. The van der Waals surface area contributed by atoms with E-state index in [0.717, 1.165) is 4.88 Å². The molecular formula is C15H15ClN2O3S. The molecule has 2 N–H and O–H groups in total. The fraction of sp³-hybridized carbons (Fsp3) is 0.267. The summed E-state index contributed by atoms with van der Waals surface area (Å²) in [6, 6.07) is 8.64. The van der Waals surface area contributed by atoms with Crippen LogP contribution in [-0.2, 0) is 0 Å². The van der Waals surface area contributed by atoms with Gasteiger partial charge in [-0.25, -0.2) is 4.79 Å². The van der Waals surface area contributed by atoms with E-state index in [1.807, 2.05) is 19.1 Å². The molecule has 116 valence electrons. The van der Waals surface area contributed by atoms with Crippen molar-refractivity contribution in [3.05, 3.63) is 39.5 Å². The first kappa shape index (κ1) is 15.0. The average Bonchev–Trinajstić information content (AvgIpc) is 2.94. The first-order chi connectivity index (χ1) is 10.6. The summed E-state index contributed by atoms with van der Waals surface area (Å²) < 4.78 is 11.6. The van der Waals surface area contributed by atoms with Crippen LogP contribution in [-0.4, -0.2) is 19.2 Å². The van der Waals surface area contributed by atoms with Crippen LogP contribution < -0.4 is 20.1 Å². The first-order valence-electron chi connectivity index (χ1n) is 6.84. The number of thiophene rings is 1. The molecule has 1 aliphatic heterocycles. The lowest BCUT2D eigenvalue weighted by Gasteiger charge is -2.19. The van der Waals surface area contributed by atoms with E-state index in [-0.39, 0.29) is 12.1 Å². The number of fused-ring (bicyclic) bond motifs is 1. The van der Waals surface area contributed by atoms with Crippen LogP contribution in [0, 0.1) is 0 Å². The van der Waals surface area contributed by atoms with Gasteiger partial charge in [-0.15, -0.1) is 11.3 Å². The van der Waals surface area contributed by atoms with Gasteiger partial charge in [-0.1, -0.05) is 11.6 Å². The number of ether oxygens (including phenoxy) is 2. The standard InChI is InChI=1S/C15H15ClN2O3S/c1-9(13-4-5-14(16)22-13)17-15(19)18-10-2-3-11-12(8-10)21-7-6-20-11/h2-5,8-9H,6-7H2,1H3,(H2,17,18,19). The molecule has 0 fully saturated rings. The summed E-state index contributed by atoms with van der Waals surface area (Å²) in [6.45, 7) is 2.96. The number of urea groups is 1. The number of halogens is 1. The highest BCUT2D eigenvalue weighted by Crippen LogP contribution is 2.32. The van der Waals surface area contributed by atoms with Crippen molar-refractivity contribution < 1.29 is 14.3 Å². The zero-order chi connectivity index (χ0) is 15.5. The Balaban J connectivity index is 1.62. The molecule has 1 unspecified atom stereocenters. The Morgan fingerprint density at radius 3 is 2.73 bits per heavy atom. The van der Waals surface area contributed by atoms with Gasteiger partial charge in [0.05, 0.1) is 10.4 Å². The zero-order valence-corrected chi connectivity index (χ0v) is 13.5. The molecular weight excluding hydrogens is 324 g/mol. The molecule has 1 aromatic heterocycles. The van der Waals surface area contributed by atoms with Crippen molar-refractivity contribution in [3.63, 3.8) is 0 Å². The summed E-state index contributed by atoms with van der Waals surface area (Å²) >= 11 is 7.35. The second-order valence-corrected chi connectivity index (χ2v) is 6.57. The number of amides is 2. The summed E-state index contributed by atoms with van der Waals surface area (Å²) in [5, 5.41) is 5.65. The monoisotopic (exact) mass is 338 g/mol. The summed E-state index contributed by atoms with van der Waals surface area (Å²) in [7, 11) is 0. The number of nitrogens with one attached hydrogen (secondary N) is 2. The van der Waals surface area contributed by atoms with Crippen molar-refractivity contribution in [2.45, 2.75) is 13.0 Å². The topological polar surface area (TPSA) is 59.6 Å². The second kappa shape index (κ2) is 6.46. The van der Waals surface area contributed by atoms with Crippen molar-refractivity contribution in [1.29, 1.82) is 0 Å². The molecule has 2 amide bonds. The van der Waals surface area contributed by atoms with Crippen LogP contribution in [0.5, 0.6) is 11.5 Å². The van der Waals surface area contributed by atoms with Gasteiger partial charge in [0, 0.05) is 16.6 Å². The van der Waals surface area contributed by atoms with E-state index in [2.05, 4.69) is 10.6 Å². The molecule has 3 rings (SSSR count). The van der Waals surface area contributed by atoms with Gasteiger partial charge in [-0.2, -0.15) is 0 Å². The smallest absolute Gasteiger partial charge is 0.319 e. The highest BCUT2D eigenvalue weighted by Gasteiger charge is 2.14. The fourth-order valence-electron chi connectivity index (χ4n) is 2.12. The molecule has 7 heteroatoms. The third-order valence-electron chi connectivity index (χ3n) is 3.17. The quantitative estimate of drug-likeness (QED) is 0.887. The summed E-state index contributed by atoms with van der Waals surface area (Å²) in [5.41, 5.74) is 0.651. The average molecular weight is 339 g/mol. The Morgan fingerprint density at radius 2 is 2.00 bits per heavy atom. The van der Waals surface area contributed by atoms with E-state index < -0.39 is 0 Å². The third-order valence-corrected chi connectivity index (χ3v) is 4.58. The number of rotatable bonds is 3. The minimum atomic E-state index is -0.284. The number of carbonyl (C=O) groups is 1. The van der Waals surface area contributed by atoms with E-state index in [4.69, 9.17) is 21.1 Å². The number of benzene rings is 1. The highest BCUT2D eigenvalue weighted by molar-refractivity contribution is 7.16. The van der Waals surface area contributed by atoms with E-state index in [1.165, 1.54) is 11.3 Å². The maximum Gasteiger partial charge on any atom is 0.319 e. The van der Waals surface area contributed by atoms with Crippen molar-refractivity contribution in [2.24, 2.45) is 0 Å². The maximum absolute atomic E-state index is 12.0. The predicted octanol–water partition coefficient (Wildman–Crippen LogP) is 4.06. The minimum absolute atomic E-state index is 0.116. The number of anilines is 1. The van der Waals surface area contributed by atoms with Crippen LogP contribution in [0.3, 0.4) is 0 Å². The lowest BCUT2D eigenvalue weighted by atomic mass is 10.2. The van der Waals surface area contributed by atoms with Crippen LogP contribution in [0.25, 0.3) is 0 Å². The molecule has 22 heavy (non-hydrogen) atoms. The second-order valence-electron chi connectivity index (χ2n) is 4.82. The molecule has 2 aromatic rings. The van der Waals surface area contributed by atoms with Crippen molar-refractivity contribution >= 4 is 34.7 Å². The molecule has 1 aromatic carbocycles. The normalized spacial score (nSPS) is 14.3. The molecule has 0 spiro atoms. The Morgan fingerprint density at radius 1 is 1.23 bits per heavy atom. The third kappa shape index (κ3) is 3.45. The van der Waals surface area contributed by atoms with Crippen molar-refractivity contribution in [1.82, 2.24) is 5.32 Å². The van der Waals surface area contributed by atoms with Gasteiger partial charge in [0.25, 0.3) is 0 Å². The molecule has 0 saturated heterocycles. The molecule has 2 heterocycles. The van der Waals surface area contributed by atoms with E-state index in [0.29, 0.717) is 34.7 Å². The van der Waals surface area contributed by atoms with Gasteiger partial charge in [0.1, 0.15) is 13.2 Å². The fourth-order valence-corrected chi connectivity index (χ4v) is 3.18. The first-order valence-corrected chi connectivity index (χ1v) is 8.03. The molecule has 0 radical (unpaired) electrons. The van der Waals surface area contributed by atoms with Gasteiger partial charge in [0.15, 0.2) is 11.5 Å². The largest absolute Gasteiger partial charge is 0.486 e. The molecule has 5 nitrogen and oxygen atoms in total. The van der Waals surface area contributed by atoms with E-state index >= 15 is 0 Å². The Bertz CT molecular complexity index is 689. The van der Waals surface area contributed by atoms with Crippen molar-refractivity contribution in [2.75, 3.05) is 18.5 Å². The van der Waals surface area contributed by atoms with Gasteiger partial charge >= 0.3 is 6.03 Å².